The van der Waals surface area contributed by atoms with Crippen molar-refractivity contribution in [3.63, 3.8) is 0 Å². The second kappa shape index (κ2) is 6.71. The molecule has 1 atom stereocenters. The number of fused-ring (bicyclic) bond motifs is 3. The number of rotatable bonds is 4. The summed E-state index contributed by atoms with van der Waals surface area (Å²) in [5.41, 5.74) is 1.50. The van der Waals surface area contributed by atoms with Crippen LogP contribution in [0.2, 0.25) is 0 Å². The van der Waals surface area contributed by atoms with Crippen LogP contribution in [-0.4, -0.2) is 54.3 Å². The quantitative estimate of drug-likeness (QED) is 0.932. The highest BCUT2D eigenvalue weighted by molar-refractivity contribution is 7.19. The smallest absolute Gasteiger partial charge is 0.138 e. The van der Waals surface area contributed by atoms with E-state index in [1.807, 2.05) is 11.3 Å². The Morgan fingerprint density at radius 3 is 3.09 bits per heavy atom. The van der Waals surface area contributed by atoms with Crippen LogP contribution in [0.5, 0.6) is 0 Å². The van der Waals surface area contributed by atoms with Gasteiger partial charge in [-0.15, -0.1) is 11.3 Å². The molecule has 0 saturated carbocycles. The van der Waals surface area contributed by atoms with Gasteiger partial charge in [0.1, 0.15) is 17.0 Å². The molecule has 0 aromatic carbocycles. The van der Waals surface area contributed by atoms with E-state index in [0.29, 0.717) is 0 Å². The molecule has 23 heavy (non-hydrogen) atoms. The van der Waals surface area contributed by atoms with Gasteiger partial charge in [-0.3, -0.25) is 4.90 Å². The Kier molecular flexibility index (Phi) is 4.46. The maximum absolute atomic E-state index is 5.40. The van der Waals surface area contributed by atoms with Crippen LogP contribution in [0.4, 0.5) is 5.82 Å². The van der Waals surface area contributed by atoms with E-state index in [1.54, 1.807) is 6.33 Å². The number of nitrogens with one attached hydrogen (secondary N) is 1. The van der Waals surface area contributed by atoms with Crippen molar-refractivity contribution in [1.82, 2.24) is 14.9 Å². The zero-order valence-corrected chi connectivity index (χ0v) is 14.5. The molecule has 1 saturated heterocycles. The van der Waals surface area contributed by atoms with Gasteiger partial charge >= 0.3 is 0 Å². The summed E-state index contributed by atoms with van der Waals surface area (Å²) in [6.07, 6.45) is 5.34. The molecule has 1 aliphatic carbocycles. The highest BCUT2D eigenvalue weighted by Gasteiger charge is 2.23. The fraction of sp³-hybridized carbons (Fsp3) is 0.647. The lowest BCUT2D eigenvalue weighted by Gasteiger charge is -2.26. The highest BCUT2D eigenvalue weighted by Crippen LogP contribution is 2.39. The summed E-state index contributed by atoms with van der Waals surface area (Å²) in [4.78, 5) is 14.2. The SMILES string of the molecule is C[C@@H]1CCc2c(sc3ncnc(NCCN4CCOCC4)c23)C1. The first kappa shape index (κ1) is 15.3. The molecule has 6 heteroatoms. The largest absolute Gasteiger partial charge is 0.379 e. The molecule has 0 radical (unpaired) electrons. The van der Waals surface area contributed by atoms with Gasteiger partial charge in [0.15, 0.2) is 0 Å². The third-order valence-corrected chi connectivity index (χ3v) is 6.08. The average molecular weight is 332 g/mol. The molecule has 2 aliphatic rings. The number of anilines is 1. The van der Waals surface area contributed by atoms with Crippen molar-refractivity contribution < 1.29 is 4.74 Å². The number of ether oxygens (including phenoxy) is 1. The number of nitrogens with zero attached hydrogens (tertiary/aromatic N) is 3. The monoisotopic (exact) mass is 332 g/mol. The Hall–Kier alpha value is -1.24. The van der Waals surface area contributed by atoms with Gasteiger partial charge in [0, 0.05) is 31.1 Å². The first-order chi connectivity index (χ1) is 11.3. The summed E-state index contributed by atoms with van der Waals surface area (Å²) in [5, 5.41) is 4.83. The van der Waals surface area contributed by atoms with Crippen LogP contribution in [0.3, 0.4) is 0 Å². The van der Waals surface area contributed by atoms with Crippen LogP contribution in [0.1, 0.15) is 23.8 Å². The number of aryl methyl sites for hydroxylation is 1. The van der Waals surface area contributed by atoms with Gasteiger partial charge in [-0.25, -0.2) is 9.97 Å². The van der Waals surface area contributed by atoms with E-state index in [9.17, 15) is 0 Å². The molecular formula is C17H24N4OS. The molecule has 1 fully saturated rings. The third-order valence-electron chi connectivity index (χ3n) is 4.92. The third kappa shape index (κ3) is 3.20. The van der Waals surface area contributed by atoms with E-state index in [0.717, 1.165) is 56.0 Å². The number of hydrogen-bond acceptors (Lipinski definition) is 6. The van der Waals surface area contributed by atoms with Crippen LogP contribution in [0.15, 0.2) is 6.33 Å². The molecule has 0 amide bonds. The molecule has 0 spiro atoms. The van der Waals surface area contributed by atoms with Crippen molar-refractivity contribution in [2.24, 2.45) is 5.92 Å². The van der Waals surface area contributed by atoms with E-state index in [-0.39, 0.29) is 0 Å². The lowest BCUT2D eigenvalue weighted by molar-refractivity contribution is 0.0398. The second-order valence-electron chi connectivity index (χ2n) is 6.63. The predicted octanol–water partition coefficient (Wildman–Crippen LogP) is 2.56. The van der Waals surface area contributed by atoms with Crippen molar-refractivity contribution in [1.29, 1.82) is 0 Å². The molecule has 2 aromatic heterocycles. The van der Waals surface area contributed by atoms with Crippen LogP contribution in [0, 0.1) is 5.92 Å². The van der Waals surface area contributed by atoms with E-state index >= 15 is 0 Å². The summed E-state index contributed by atoms with van der Waals surface area (Å²) in [6, 6.07) is 0. The first-order valence-corrected chi connectivity index (χ1v) is 9.42. The van der Waals surface area contributed by atoms with Crippen LogP contribution >= 0.6 is 11.3 Å². The molecule has 3 heterocycles. The van der Waals surface area contributed by atoms with Crippen molar-refractivity contribution in [2.45, 2.75) is 26.2 Å². The van der Waals surface area contributed by atoms with Crippen LogP contribution in [0.25, 0.3) is 10.2 Å². The van der Waals surface area contributed by atoms with Gasteiger partial charge < -0.3 is 10.1 Å². The van der Waals surface area contributed by atoms with E-state index in [4.69, 9.17) is 4.74 Å². The molecule has 5 nitrogen and oxygen atoms in total. The Bertz CT molecular complexity index is 681. The van der Waals surface area contributed by atoms with Gasteiger partial charge in [-0.05, 0) is 30.7 Å². The maximum atomic E-state index is 5.40. The predicted molar refractivity (Wildman–Crippen MR) is 94.4 cm³/mol. The standard InChI is InChI=1S/C17H24N4OS/c1-12-2-3-13-14(10-12)23-17-15(13)16(19-11-20-17)18-4-5-21-6-8-22-9-7-21/h11-12H,2-10H2,1H3,(H,18,19,20)/t12-/m1/s1. The number of aromatic nitrogens is 2. The molecule has 124 valence electrons. The molecule has 0 unspecified atom stereocenters. The Morgan fingerprint density at radius 1 is 1.35 bits per heavy atom. The molecule has 2 aromatic rings. The van der Waals surface area contributed by atoms with Gasteiger partial charge in [0.2, 0.25) is 0 Å². The maximum Gasteiger partial charge on any atom is 0.138 e. The Morgan fingerprint density at radius 2 is 2.22 bits per heavy atom. The van der Waals surface area contributed by atoms with Gasteiger partial charge in [0.05, 0.1) is 18.6 Å². The Balaban J connectivity index is 1.50. The number of morpholine rings is 1. The summed E-state index contributed by atoms with van der Waals surface area (Å²) in [6.45, 7) is 8.09. The fourth-order valence-corrected chi connectivity index (χ4v) is 4.92. The minimum absolute atomic E-state index is 0.793. The molecular weight excluding hydrogens is 308 g/mol. The Labute approximate surface area is 141 Å². The zero-order chi connectivity index (χ0) is 15.6. The normalized spacial score (nSPS) is 22.2. The second-order valence-corrected chi connectivity index (χ2v) is 7.72. The van der Waals surface area contributed by atoms with E-state index in [2.05, 4.69) is 27.1 Å². The van der Waals surface area contributed by atoms with Crippen LogP contribution in [-0.2, 0) is 17.6 Å². The summed E-state index contributed by atoms with van der Waals surface area (Å²) < 4.78 is 5.40. The molecule has 1 aliphatic heterocycles. The van der Waals surface area contributed by atoms with Crippen molar-refractivity contribution >= 4 is 27.4 Å². The topological polar surface area (TPSA) is 50.3 Å². The van der Waals surface area contributed by atoms with Gasteiger partial charge in [-0.1, -0.05) is 6.92 Å². The molecule has 0 bridgehead atoms. The van der Waals surface area contributed by atoms with E-state index in [1.165, 1.54) is 35.1 Å². The van der Waals surface area contributed by atoms with Crippen molar-refractivity contribution in [2.75, 3.05) is 44.7 Å². The fourth-order valence-electron chi connectivity index (χ4n) is 3.57. The number of hydrogen-bond donors (Lipinski definition) is 1. The summed E-state index contributed by atoms with van der Waals surface area (Å²) in [5.74, 6) is 1.82. The van der Waals surface area contributed by atoms with Crippen LogP contribution < -0.4 is 5.32 Å². The number of thiophene rings is 1. The van der Waals surface area contributed by atoms with Crippen molar-refractivity contribution in [3.8, 4) is 0 Å². The molecule has 4 rings (SSSR count). The average Bonchev–Trinajstić information content (AvgIpc) is 2.94. The lowest BCUT2D eigenvalue weighted by atomic mass is 9.89. The first-order valence-electron chi connectivity index (χ1n) is 8.60. The molecule has 1 N–H and O–H groups in total. The van der Waals surface area contributed by atoms with Crippen molar-refractivity contribution in [3.05, 3.63) is 16.8 Å². The zero-order valence-electron chi connectivity index (χ0n) is 13.7. The summed E-state index contributed by atoms with van der Waals surface area (Å²) in [7, 11) is 0. The lowest BCUT2D eigenvalue weighted by Crippen LogP contribution is -2.39. The van der Waals surface area contributed by atoms with E-state index < -0.39 is 0 Å². The minimum Gasteiger partial charge on any atom is -0.379 e. The highest BCUT2D eigenvalue weighted by atomic mass is 32.1. The summed E-state index contributed by atoms with van der Waals surface area (Å²) >= 11 is 1.86. The minimum atomic E-state index is 0.793. The van der Waals surface area contributed by atoms with Gasteiger partial charge in [-0.2, -0.15) is 0 Å². The van der Waals surface area contributed by atoms with Gasteiger partial charge in [0.25, 0.3) is 0 Å².